The molecule has 1 atom stereocenters. The number of rotatable bonds is 6. The molecular weight excluding hydrogens is 322 g/mol. The summed E-state index contributed by atoms with van der Waals surface area (Å²) < 4.78 is 4.81. The van der Waals surface area contributed by atoms with Crippen molar-refractivity contribution in [3.05, 3.63) is 35.9 Å². The van der Waals surface area contributed by atoms with Gasteiger partial charge in [-0.2, -0.15) is 0 Å². The van der Waals surface area contributed by atoms with Crippen LogP contribution in [0.2, 0.25) is 0 Å². The summed E-state index contributed by atoms with van der Waals surface area (Å²) in [5.74, 6) is -0.566. The van der Waals surface area contributed by atoms with Gasteiger partial charge in [0.05, 0.1) is 33.3 Å². The summed E-state index contributed by atoms with van der Waals surface area (Å²) >= 11 is 0. The van der Waals surface area contributed by atoms with E-state index in [1.54, 1.807) is 11.8 Å². The second-order valence-corrected chi connectivity index (χ2v) is 6.27. The molecule has 7 heteroatoms. The van der Waals surface area contributed by atoms with Crippen molar-refractivity contribution in [1.82, 2.24) is 10.2 Å². The minimum absolute atomic E-state index is 0.0668. The van der Waals surface area contributed by atoms with Crippen molar-refractivity contribution in [3.8, 4) is 0 Å². The van der Waals surface area contributed by atoms with Crippen molar-refractivity contribution in [2.75, 3.05) is 39.8 Å². The number of carbonyl (C=O) groups is 3. The van der Waals surface area contributed by atoms with Gasteiger partial charge < -0.3 is 19.9 Å². The Bertz CT molecular complexity index is 598. The van der Waals surface area contributed by atoms with Crippen LogP contribution in [0.25, 0.3) is 0 Å². The molecule has 1 aliphatic heterocycles. The number of carbonyl (C=O) groups excluding carboxylic acids is 3. The highest BCUT2D eigenvalue weighted by Crippen LogP contribution is 2.04. The van der Waals surface area contributed by atoms with E-state index >= 15 is 0 Å². The van der Waals surface area contributed by atoms with E-state index in [0.717, 1.165) is 23.6 Å². The summed E-state index contributed by atoms with van der Waals surface area (Å²) in [5, 5.41) is 2.78. The minimum atomic E-state index is -0.696. The third-order valence-electron chi connectivity index (χ3n) is 4.43. The molecule has 0 aliphatic carbocycles. The maximum absolute atomic E-state index is 12.3. The molecule has 0 bridgehead atoms. The lowest BCUT2D eigenvalue weighted by Crippen LogP contribution is -3.15. The van der Waals surface area contributed by atoms with Crippen LogP contribution in [0.5, 0.6) is 0 Å². The second kappa shape index (κ2) is 9.17. The van der Waals surface area contributed by atoms with Crippen LogP contribution in [0.3, 0.4) is 0 Å². The lowest BCUT2D eigenvalue weighted by Gasteiger charge is -2.31. The topological polar surface area (TPSA) is 80.2 Å². The van der Waals surface area contributed by atoms with E-state index in [9.17, 15) is 14.4 Å². The zero-order chi connectivity index (χ0) is 18.2. The summed E-state index contributed by atoms with van der Waals surface area (Å²) in [6.07, 6.45) is 0.396. The summed E-state index contributed by atoms with van der Waals surface area (Å²) in [5.41, 5.74) is 0.959. The minimum Gasteiger partial charge on any atom is -0.467 e. The molecule has 2 amide bonds. The zero-order valence-corrected chi connectivity index (χ0v) is 14.8. The Morgan fingerprint density at radius 3 is 2.40 bits per heavy atom. The number of hydrogen-bond donors (Lipinski definition) is 2. The number of amides is 2. The Hall–Kier alpha value is -2.41. The molecule has 1 saturated heterocycles. The highest BCUT2D eigenvalue weighted by molar-refractivity contribution is 5.85. The van der Waals surface area contributed by atoms with Gasteiger partial charge in [-0.25, -0.2) is 4.79 Å². The largest absolute Gasteiger partial charge is 0.467 e. The van der Waals surface area contributed by atoms with Crippen LogP contribution >= 0.6 is 0 Å². The summed E-state index contributed by atoms with van der Waals surface area (Å²) in [6, 6.07) is 8.81. The number of piperazine rings is 1. The molecule has 0 unspecified atom stereocenters. The van der Waals surface area contributed by atoms with Gasteiger partial charge in [-0.1, -0.05) is 30.3 Å². The molecule has 25 heavy (non-hydrogen) atoms. The van der Waals surface area contributed by atoms with Gasteiger partial charge in [0.15, 0.2) is 6.54 Å². The third kappa shape index (κ3) is 5.86. The van der Waals surface area contributed by atoms with Gasteiger partial charge in [-0.15, -0.1) is 0 Å². The Morgan fingerprint density at radius 1 is 1.20 bits per heavy atom. The van der Waals surface area contributed by atoms with Crippen molar-refractivity contribution in [2.24, 2.45) is 0 Å². The highest BCUT2D eigenvalue weighted by atomic mass is 16.5. The van der Waals surface area contributed by atoms with Gasteiger partial charge in [-0.05, 0) is 5.56 Å². The predicted octanol–water partition coefficient (Wildman–Crippen LogP) is -1.37. The lowest BCUT2D eigenvalue weighted by molar-refractivity contribution is -0.896. The van der Waals surface area contributed by atoms with E-state index in [2.05, 4.69) is 5.32 Å². The molecule has 2 rings (SSSR count). The highest BCUT2D eigenvalue weighted by Gasteiger charge is 2.26. The summed E-state index contributed by atoms with van der Waals surface area (Å²) in [4.78, 5) is 38.5. The van der Waals surface area contributed by atoms with Crippen molar-refractivity contribution in [1.29, 1.82) is 0 Å². The molecule has 1 fully saturated rings. The Balaban J connectivity index is 1.87. The van der Waals surface area contributed by atoms with Crippen molar-refractivity contribution in [3.63, 3.8) is 0 Å². The van der Waals surface area contributed by atoms with E-state index in [4.69, 9.17) is 4.74 Å². The van der Waals surface area contributed by atoms with Gasteiger partial charge in [0, 0.05) is 13.3 Å². The zero-order valence-electron chi connectivity index (χ0n) is 14.8. The second-order valence-electron chi connectivity index (χ2n) is 6.27. The van der Waals surface area contributed by atoms with Crippen LogP contribution in [-0.2, 0) is 25.5 Å². The molecule has 1 aliphatic rings. The molecule has 1 aromatic carbocycles. The van der Waals surface area contributed by atoms with Crippen LogP contribution in [0.1, 0.15) is 12.5 Å². The Morgan fingerprint density at radius 2 is 1.84 bits per heavy atom. The average Bonchev–Trinajstić information content (AvgIpc) is 2.61. The van der Waals surface area contributed by atoms with Crippen LogP contribution in [0, 0.1) is 0 Å². The van der Waals surface area contributed by atoms with E-state index in [1.165, 1.54) is 7.11 Å². The average molecular weight is 348 g/mol. The Labute approximate surface area is 147 Å². The number of benzene rings is 1. The first-order valence-corrected chi connectivity index (χ1v) is 8.49. The fourth-order valence-electron chi connectivity index (χ4n) is 2.97. The first-order valence-electron chi connectivity index (χ1n) is 8.49. The van der Waals surface area contributed by atoms with Crippen LogP contribution < -0.4 is 10.2 Å². The number of nitrogens with one attached hydrogen (secondary N) is 2. The van der Waals surface area contributed by atoms with E-state index in [-0.39, 0.29) is 18.4 Å². The fourth-order valence-corrected chi connectivity index (χ4v) is 2.97. The molecule has 0 radical (unpaired) electrons. The van der Waals surface area contributed by atoms with Gasteiger partial charge in [-0.3, -0.25) is 9.59 Å². The van der Waals surface area contributed by atoms with Gasteiger partial charge in [0.25, 0.3) is 5.91 Å². The van der Waals surface area contributed by atoms with Crippen molar-refractivity contribution < 1.29 is 24.0 Å². The number of hydrogen-bond acceptors (Lipinski definition) is 4. The van der Waals surface area contributed by atoms with Crippen LogP contribution in [0.4, 0.5) is 0 Å². The van der Waals surface area contributed by atoms with E-state index in [1.807, 2.05) is 30.3 Å². The van der Waals surface area contributed by atoms with Gasteiger partial charge >= 0.3 is 5.97 Å². The standard InChI is InChI=1S/C18H25N3O4/c1-14(22)21-10-8-20(9-11-21)13-17(23)19-16(18(24)25-2)12-15-6-4-3-5-7-15/h3-7,16H,8-13H2,1-2H3,(H,19,23)/p+1/t16-/m1/s1. The number of esters is 1. The number of methoxy groups -OCH3 is 1. The maximum Gasteiger partial charge on any atom is 0.328 e. The van der Waals surface area contributed by atoms with Crippen molar-refractivity contribution in [2.45, 2.75) is 19.4 Å². The molecule has 0 saturated carbocycles. The molecule has 0 aromatic heterocycles. The predicted molar refractivity (Wildman–Crippen MR) is 91.9 cm³/mol. The van der Waals surface area contributed by atoms with Gasteiger partial charge in [0.2, 0.25) is 5.91 Å². The third-order valence-corrected chi connectivity index (χ3v) is 4.43. The first-order chi connectivity index (χ1) is 12.0. The number of ether oxygens (including phenoxy) is 1. The quantitative estimate of drug-likeness (QED) is 0.622. The smallest absolute Gasteiger partial charge is 0.328 e. The summed E-state index contributed by atoms with van der Waals surface area (Å²) in [6.45, 7) is 4.62. The summed E-state index contributed by atoms with van der Waals surface area (Å²) in [7, 11) is 1.32. The SMILES string of the molecule is COC(=O)[C@@H](Cc1ccccc1)NC(=O)C[NH+]1CCN(C(C)=O)CC1. The molecule has 1 heterocycles. The van der Waals surface area contributed by atoms with Crippen LogP contribution in [-0.4, -0.2) is 68.6 Å². The molecule has 2 N–H and O–H groups in total. The molecular formula is C18H26N3O4+. The number of quaternary nitrogens is 1. The fraction of sp³-hybridized carbons (Fsp3) is 0.500. The molecule has 136 valence electrons. The molecule has 7 nitrogen and oxygen atoms in total. The monoisotopic (exact) mass is 348 g/mol. The molecule has 1 aromatic rings. The molecule has 0 spiro atoms. The van der Waals surface area contributed by atoms with E-state index in [0.29, 0.717) is 19.5 Å². The lowest BCUT2D eigenvalue weighted by atomic mass is 10.1. The Kier molecular flexibility index (Phi) is 6.94. The van der Waals surface area contributed by atoms with Gasteiger partial charge in [0.1, 0.15) is 6.04 Å². The maximum atomic E-state index is 12.3. The normalized spacial score (nSPS) is 16.2. The van der Waals surface area contributed by atoms with E-state index < -0.39 is 12.0 Å². The first kappa shape index (κ1) is 18.9. The van der Waals surface area contributed by atoms with Crippen LogP contribution in [0.15, 0.2) is 30.3 Å². The van der Waals surface area contributed by atoms with Crippen molar-refractivity contribution >= 4 is 17.8 Å². The number of nitrogens with zero attached hydrogens (tertiary/aromatic N) is 1.